The van der Waals surface area contributed by atoms with Gasteiger partial charge in [-0.15, -0.1) is 0 Å². The molecule has 0 bridgehead atoms. The van der Waals surface area contributed by atoms with Crippen molar-refractivity contribution in [3.63, 3.8) is 0 Å². The van der Waals surface area contributed by atoms with Crippen molar-refractivity contribution in [1.82, 2.24) is 9.78 Å². The molecular formula is C18H18FN3O2. The topological polar surface area (TPSA) is 60.1 Å². The van der Waals surface area contributed by atoms with Crippen LogP contribution in [0.2, 0.25) is 0 Å². The predicted octanol–water partition coefficient (Wildman–Crippen LogP) is 4.51. The number of carbonyl (C=O) groups is 1. The van der Waals surface area contributed by atoms with Gasteiger partial charge in [0.1, 0.15) is 17.4 Å². The molecule has 0 aliphatic carbocycles. The maximum atomic E-state index is 13.8. The molecule has 24 heavy (non-hydrogen) atoms. The third-order valence-electron chi connectivity index (χ3n) is 3.89. The van der Waals surface area contributed by atoms with Crippen LogP contribution in [-0.2, 0) is 0 Å². The van der Waals surface area contributed by atoms with E-state index >= 15 is 0 Å². The number of rotatable bonds is 5. The highest BCUT2D eigenvalue weighted by atomic mass is 19.1. The van der Waals surface area contributed by atoms with E-state index in [1.54, 1.807) is 41.2 Å². The molecule has 2 aromatic heterocycles. The Balaban J connectivity index is 1.80. The number of halogens is 1. The number of hydrogen-bond donors (Lipinski definition) is 1. The Bertz CT molecular complexity index is 853. The van der Waals surface area contributed by atoms with Gasteiger partial charge in [0, 0.05) is 6.07 Å². The van der Waals surface area contributed by atoms with E-state index < -0.39 is 11.7 Å². The normalized spacial score (nSPS) is 12.1. The summed E-state index contributed by atoms with van der Waals surface area (Å²) in [4.78, 5) is 12.4. The van der Waals surface area contributed by atoms with Gasteiger partial charge < -0.3 is 9.73 Å². The highest BCUT2D eigenvalue weighted by Gasteiger charge is 2.17. The number of anilines is 1. The standard InChI is InChI=1S/C18H18FN3O2/c1-3-12(2)22-17(10-11-20-22)21-18(23)16-9-8-15(24-16)13-6-4-5-7-14(13)19/h4-12H,3H2,1-2H3,(H,21,23). The van der Waals surface area contributed by atoms with Crippen LogP contribution in [-0.4, -0.2) is 15.7 Å². The predicted molar refractivity (Wildman–Crippen MR) is 89.3 cm³/mol. The fourth-order valence-corrected chi connectivity index (χ4v) is 2.38. The van der Waals surface area contributed by atoms with Crippen LogP contribution >= 0.6 is 0 Å². The summed E-state index contributed by atoms with van der Waals surface area (Å²) in [5, 5.41) is 7.00. The van der Waals surface area contributed by atoms with Crippen molar-refractivity contribution < 1.29 is 13.6 Å². The Labute approximate surface area is 139 Å². The molecule has 0 saturated heterocycles. The zero-order chi connectivity index (χ0) is 17.1. The molecule has 1 atom stereocenters. The fraction of sp³-hybridized carbons (Fsp3) is 0.222. The Morgan fingerprint density at radius 3 is 2.83 bits per heavy atom. The van der Waals surface area contributed by atoms with Crippen molar-refractivity contribution in [1.29, 1.82) is 0 Å². The molecule has 3 rings (SSSR count). The second-order valence-corrected chi connectivity index (χ2v) is 5.52. The van der Waals surface area contributed by atoms with Gasteiger partial charge in [0.2, 0.25) is 0 Å². The van der Waals surface area contributed by atoms with E-state index in [9.17, 15) is 9.18 Å². The van der Waals surface area contributed by atoms with Crippen LogP contribution in [0, 0.1) is 5.82 Å². The van der Waals surface area contributed by atoms with Crippen molar-refractivity contribution in [2.24, 2.45) is 0 Å². The van der Waals surface area contributed by atoms with Crippen molar-refractivity contribution in [3.8, 4) is 11.3 Å². The third kappa shape index (κ3) is 3.08. The van der Waals surface area contributed by atoms with Gasteiger partial charge in [-0.3, -0.25) is 4.79 Å². The highest BCUT2D eigenvalue weighted by molar-refractivity contribution is 6.02. The minimum Gasteiger partial charge on any atom is -0.451 e. The average Bonchev–Trinajstić information content (AvgIpc) is 3.24. The van der Waals surface area contributed by atoms with Crippen molar-refractivity contribution in [2.45, 2.75) is 26.3 Å². The molecule has 124 valence electrons. The lowest BCUT2D eigenvalue weighted by atomic mass is 10.1. The van der Waals surface area contributed by atoms with Crippen LogP contribution in [0.15, 0.2) is 53.1 Å². The lowest BCUT2D eigenvalue weighted by Crippen LogP contribution is -2.16. The van der Waals surface area contributed by atoms with Gasteiger partial charge >= 0.3 is 0 Å². The number of benzene rings is 1. The van der Waals surface area contributed by atoms with Gasteiger partial charge in [-0.25, -0.2) is 9.07 Å². The molecule has 0 fully saturated rings. The summed E-state index contributed by atoms with van der Waals surface area (Å²) in [6.07, 6.45) is 2.53. The Morgan fingerprint density at radius 2 is 2.08 bits per heavy atom. The molecule has 0 saturated carbocycles. The molecular weight excluding hydrogens is 309 g/mol. The Hall–Kier alpha value is -2.89. The molecule has 0 aliphatic rings. The smallest absolute Gasteiger partial charge is 0.292 e. The molecule has 1 N–H and O–H groups in total. The first kappa shape index (κ1) is 16.0. The highest BCUT2D eigenvalue weighted by Crippen LogP contribution is 2.25. The van der Waals surface area contributed by atoms with Gasteiger partial charge in [-0.05, 0) is 37.6 Å². The van der Waals surface area contributed by atoms with Crippen LogP contribution in [0.1, 0.15) is 36.9 Å². The first-order valence-corrected chi connectivity index (χ1v) is 7.79. The SMILES string of the molecule is CCC(C)n1nccc1NC(=O)c1ccc(-c2ccccc2F)o1. The summed E-state index contributed by atoms with van der Waals surface area (Å²) in [6.45, 7) is 4.07. The first-order valence-electron chi connectivity index (χ1n) is 7.79. The molecule has 0 aliphatic heterocycles. The minimum atomic E-state index is -0.400. The van der Waals surface area contributed by atoms with Crippen molar-refractivity contribution in [2.75, 3.05) is 5.32 Å². The summed E-state index contributed by atoms with van der Waals surface area (Å²) in [5.41, 5.74) is 0.321. The van der Waals surface area contributed by atoms with Crippen LogP contribution in [0.3, 0.4) is 0 Å². The zero-order valence-corrected chi connectivity index (χ0v) is 13.5. The van der Waals surface area contributed by atoms with E-state index in [4.69, 9.17) is 4.42 Å². The molecule has 3 aromatic rings. The molecule has 2 heterocycles. The summed E-state index contributed by atoms with van der Waals surface area (Å²) >= 11 is 0. The molecule has 1 amide bonds. The van der Waals surface area contributed by atoms with Gasteiger partial charge in [-0.1, -0.05) is 19.1 Å². The summed E-state index contributed by atoms with van der Waals surface area (Å²) in [6, 6.07) is 11.3. The maximum absolute atomic E-state index is 13.8. The van der Waals surface area contributed by atoms with Gasteiger partial charge in [0.05, 0.1) is 17.8 Å². The number of aromatic nitrogens is 2. The van der Waals surface area contributed by atoms with Gasteiger partial charge in [0.15, 0.2) is 5.76 Å². The molecule has 5 nitrogen and oxygen atoms in total. The number of carbonyl (C=O) groups excluding carboxylic acids is 1. The monoisotopic (exact) mass is 327 g/mol. The number of furan rings is 1. The fourth-order valence-electron chi connectivity index (χ4n) is 2.38. The molecule has 6 heteroatoms. The quantitative estimate of drug-likeness (QED) is 0.750. The van der Waals surface area contributed by atoms with Crippen LogP contribution in [0.4, 0.5) is 10.2 Å². The molecule has 0 spiro atoms. The van der Waals surface area contributed by atoms with E-state index in [-0.39, 0.29) is 11.8 Å². The van der Waals surface area contributed by atoms with Crippen molar-refractivity contribution in [3.05, 3.63) is 60.2 Å². The second-order valence-electron chi connectivity index (χ2n) is 5.52. The third-order valence-corrected chi connectivity index (χ3v) is 3.89. The van der Waals surface area contributed by atoms with Crippen molar-refractivity contribution >= 4 is 11.7 Å². The first-order chi connectivity index (χ1) is 11.6. The molecule has 1 unspecified atom stereocenters. The van der Waals surface area contributed by atoms with Crippen LogP contribution < -0.4 is 5.32 Å². The summed E-state index contributed by atoms with van der Waals surface area (Å²) in [5.74, 6) is 0.230. The number of nitrogens with zero attached hydrogens (tertiary/aromatic N) is 2. The van der Waals surface area contributed by atoms with E-state index in [0.717, 1.165) is 6.42 Å². The average molecular weight is 327 g/mol. The van der Waals surface area contributed by atoms with Gasteiger partial charge in [-0.2, -0.15) is 5.10 Å². The summed E-state index contributed by atoms with van der Waals surface area (Å²) < 4.78 is 21.1. The maximum Gasteiger partial charge on any atom is 0.292 e. The second kappa shape index (κ2) is 6.70. The van der Waals surface area contributed by atoms with Gasteiger partial charge in [0.25, 0.3) is 5.91 Å². The number of hydrogen-bond acceptors (Lipinski definition) is 3. The van der Waals surface area contributed by atoms with E-state index in [1.165, 1.54) is 12.1 Å². The van der Waals surface area contributed by atoms with E-state index in [1.807, 2.05) is 13.8 Å². The Morgan fingerprint density at radius 1 is 1.29 bits per heavy atom. The van der Waals surface area contributed by atoms with E-state index in [0.29, 0.717) is 17.1 Å². The van der Waals surface area contributed by atoms with Crippen LogP contribution in [0.25, 0.3) is 11.3 Å². The number of nitrogens with one attached hydrogen (secondary N) is 1. The minimum absolute atomic E-state index is 0.116. The van der Waals surface area contributed by atoms with Crippen LogP contribution in [0.5, 0.6) is 0 Å². The lowest BCUT2D eigenvalue weighted by molar-refractivity contribution is 0.0996. The molecule has 0 radical (unpaired) electrons. The number of amides is 1. The lowest BCUT2D eigenvalue weighted by Gasteiger charge is -2.13. The molecule has 1 aromatic carbocycles. The van der Waals surface area contributed by atoms with E-state index in [2.05, 4.69) is 10.4 Å². The summed E-state index contributed by atoms with van der Waals surface area (Å²) in [7, 11) is 0. The Kier molecular flexibility index (Phi) is 4.46. The largest absolute Gasteiger partial charge is 0.451 e. The zero-order valence-electron chi connectivity index (χ0n) is 13.5.